The van der Waals surface area contributed by atoms with Gasteiger partial charge in [-0.15, -0.1) is 0 Å². The molecule has 0 bridgehead atoms. The summed E-state index contributed by atoms with van der Waals surface area (Å²) in [5, 5.41) is 13.6. The molecule has 6 nitrogen and oxygen atoms in total. The molecule has 0 saturated heterocycles. The maximum absolute atomic E-state index is 13.0. The molecule has 1 N–H and O–H groups in total. The largest absolute Gasteiger partial charge is 0.417 e. The van der Waals surface area contributed by atoms with Gasteiger partial charge in [0.2, 0.25) is 5.95 Å². The van der Waals surface area contributed by atoms with Crippen molar-refractivity contribution in [3.8, 4) is 5.69 Å². The first-order valence-corrected chi connectivity index (χ1v) is 7.53. The highest BCUT2D eigenvalue weighted by Gasteiger charge is 2.34. The lowest BCUT2D eigenvalue weighted by atomic mass is 10.1. The summed E-state index contributed by atoms with van der Waals surface area (Å²) in [6, 6.07) is 5.40. The van der Waals surface area contributed by atoms with Gasteiger partial charge in [0.15, 0.2) is 0 Å². The number of halogens is 4. The third-order valence-electron chi connectivity index (χ3n) is 3.55. The van der Waals surface area contributed by atoms with Gasteiger partial charge in [-0.2, -0.15) is 17.9 Å². The molecule has 0 fully saturated rings. The lowest BCUT2D eigenvalue weighted by Gasteiger charge is -2.13. The van der Waals surface area contributed by atoms with E-state index in [1.165, 1.54) is 12.1 Å². The molecule has 0 aliphatic heterocycles. The molecule has 3 aromatic rings. The van der Waals surface area contributed by atoms with Gasteiger partial charge in [-0.1, -0.05) is 22.8 Å². The summed E-state index contributed by atoms with van der Waals surface area (Å²) < 4.78 is 40.2. The average molecular weight is 369 g/mol. The van der Waals surface area contributed by atoms with Crippen LogP contribution in [0.2, 0.25) is 5.02 Å². The molecule has 25 heavy (non-hydrogen) atoms. The van der Waals surface area contributed by atoms with Gasteiger partial charge in [0.1, 0.15) is 0 Å². The van der Waals surface area contributed by atoms with Crippen LogP contribution in [0.1, 0.15) is 16.7 Å². The first kappa shape index (κ1) is 17.2. The first-order valence-electron chi connectivity index (χ1n) is 7.15. The third kappa shape index (κ3) is 3.55. The molecule has 0 aliphatic carbocycles. The number of nitrogens with zero attached hydrogens (tertiary/aromatic N) is 5. The summed E-state index contributed by atoms with van der Waals surface area (Å²) in [5.41, 5.74) is 1.01. The fourth-order valence-electron chi connectivity index (χ4n) is 2.24. The van der Waals surface area contributed by atoms with Crippen LogP contribution in [-0.2, 0) is 12.7 Å². The highest BCUT2D eigenvalue weighted by molar-refractivity contribution is 6.33. The number of anilines is 1. The van der Waals surface area contributed by atoms with Crippen molar-refractivity contribution in [1.29, 1.82) is 0 Å². The number of aromatic nitrogens is 5. The molecule has 0 atom stereocenters. The third-order valence-corrected chi connectivity index (χ3v) is 3.95. The van der Waals surface area contributed by atoms with Crippen molar-refractivity contribution in [3.63, 3.8) is 0 Å². The van der Waals surface area contributed by atoms with Gasteiger partial charge in [0, 0.05) is 18.9 Å². The van der Waals surface area contributed by atoms with Crippen molar-refractivity contribution in [2.45, 2.75) is 19.6 Å². The molecule has 0 radical (unpaired) electrons. The van der Waals surface area contributed by atoms with E-state index < -0.39 is 16.8 Å². The molecule has 130 valence electrons. The highest BCUT2D eigenvalue weighted by atomic mass is 35.5. The molecular formula is C15H12ClF3N6. The number of pyridine rings is 1. The summed E-state index contributed by atoms with van der Waals surface area (Å²) in [7, 11) is 0. The lowest BCUT2D eigenvalue weighted by molar-refractivity contribution is -0.137. The summed E-state index contributed by atoms with van der Waals surface area (Å²) in [6.45, 7) is 2.28. The quantitative estimate of drug-likeness (QED) is 0.761. The summed E-state index contributed by atoms with van der Waals surface area (Å²) >= 11 is 5.93. The number of benzene rings is 1. The Labute approximate surface area is 145 Å². The van der Waals surface area contributed by atoms with Gasteiger partial charge in [-0.25, -0.2) is 0 Å². The van der Waals surface area contributed by atoms with E-state index >= 15 is 0 Å². The second kappa shape index (κ2) is 6.67. The molecule has 1 aromatic carbocycles. The van der Waals surface area contributed by atoms with E-state index in [9.17, 15) is 13.2 Å². The smallest absolute Gasteiger partial charge is 0.349 e. The summed E-state index contributed by atoms with van der Waals surface area (Å²) in [6.07, 6.45) is -1.21. The molecular weight excluding hydrogens is 357 g/mol. The number of hydrogen-bond donors (Lipinski definition) is 1. The maximum atomic E-state index is 13.0. The van der Waals surface area contributed by atoms with E-state index in [0.29, 0.717) is 6.54 Å². The van der Waals surface area contributed by atoms with Crippen LogP contribution in [0.3, 0.4) is 0 Å². The van der Waals surface area contributed by atoms with Crippen LogP contribution in [0.25, 0.3) is 5.69 Å². The van der Waals surface area contributed by atoms with Crippen LogP contribution in [0.15, 0.2) is 36.7 Å². The second-order valence-electron chi connectivity index (χ2n) is 5.21. The Morgan fingerprint density at radius 1 is 1.24 bits per heavy atom. The molecule has 2 aromatic heterocycles. The highest BCUT2D eigenvalue weighted by Crippen LogP contribution is 2.37. The van der Waals surface area contributed by atoms with Crippen LogP contribution in [0, 0.1) is 6.92 Å². The van der Waals surface area contributed by atoms with Gasteiger partial charge in [0.05, 0.1) is 16.3 Å². The van der Waals surface area contributed by atoms with Crippen molar-refractivity contribution in [3.05, 3.63) is 58.4 Å². The van der Waals surface area contributed by atoms with E-state index in [2.05, 4.69) is 25.8 Å². The van der Waals surface area contributed by atoms with E-state index in [1.807, 2.05) is 13.0 Å². The van der Waals surface area contributed by atoms with Crippen molar-refractivity contribution in [2.75, 3.05) is 5.32 Å². The number of hydrogen-bond acceptors (Lipinski definition) is 5. The standard InChI is InChI=1S/C15H12ClF3N6/c1-9-7-20-6-5-10(9)8-21-14-22-23-24-25(14)12-4-2-3-11(13(12)16)15(17,18)19/h2-7H,8H2,1H3,(H,21,22,24). The number of tetrazole rings is 1. The van der Waals surface area contributed by atoms with E-state index in [-0.39, 0.29) is 11.6 Å². The molecule has 10 heteroatoms. The minimum atomic E-state index is -4.57. The maximum Gasteiger partial charge on any atom is 0.417 e. The molecule has 0 amide bonds. The Bertz CT molecular complexity index is 893. The zero-order chi connectivity index (χ0) is 18.0. The molecule has 0 saturated carbocycles. The zero-order valence-corrected chi connectivity index (χ0v) is 13.7. The molecule has 3 rings (SSSR count). The number of rotatable bonds is 4. The fourth-order valence-corrected chi connectivity index (χ4v) is 2.55. The van der Waals surface area contributed by atoms with Crippen LogP contribution < -0.4 is 5.32 Å². The van der Waals surface area contributed by atoms with E-state index in [1.54, 1.807) is 12.4 Å². The Hall–Kier alpha value is -2.68. The molecule has 0 spiro atoms. The molecule has 0 unspecified atom stereocenters. The van der Waals surface area contributed by atoms with E-state index in [0.717, 1.165) is 21.9 Å². The first-order chi connectivity index (χ1) is 11.9. The lowest BCUT2D eigenvalue weighted by Crippen LogP contribution is -2.11. The Morgan fingerprint density at radius 2 is 2.04 bits per heavy atom. The predicted molar refractivity (Wildman–Crippen MR) is 85.5 cm³/mol. The van der Waals surface area contributed by atoms with Crippen molar-refractivity contribution < 1.29 is 13.2 Å². The van der Waals surface area contributed by atoms with Crippen molar-refractivity contribution >= 4 is 17.5 Å². The van der Waals surface area contributed by atoms with Crippen LogP contribution in [-0.4, -0.2) is 25.2 Å². The predicted octanol–water partition coefficient (Wildman–Crippen LogP) is 3.65. The van der Waals surface area contributed by atoms with Gasteiger partial charge in [-0.3, -0.25) is 4.98 Å². The van der Waals surface area contributed by atoms with Gasteiger partial charge < -0.3 is 5.32 Å². The zero-order valence-electron chi connectivity index (χ0n) is 12.9. The Balaban J connectivity index is 1.91. The van der Waals surface area contributed by atoms with Crippen LogP contribution in [0.4, 0.5) is 19.1 Å². The number of alkyl halides is 3. The van der Waals surface area contributed by atoms with Crippen molar-refractivity contribution in [2.24, 2.45) is 0 Å². The topological polar surface area (TPSA) is 68.5 Å². The molecule has 2 heterocycles. The Morgan fingerprint density at radius 3 is 2.76 bits per heavy atom. The number of aryl methyl sites for hydroxylation is 1. The summed E-state index contributed by atoms with van der Waals surface area (Å²) in [4.78, 5) is 4.00. The molecule has 0 aliphatic rings. The van der Waals surface area contributed by atoms with E-state index in [4.69, 9.17) is 11.6 Å². The van der Waals surface area contributed by atoms with Gasteiger partial charge >= 0.3 is 6.18 Å². The summed E-state index contributed by atoms with van der Waals surface area (Å²) in [5.74, 6) is 0.178. The monoisotopic (exact) mass is 368 g/mol. The second-order valence-corrected chi connectivity index (χ2v) is 5.58. The average Bonchev–Trinajstić information content (AvgIpc) is 3.01. The fraction of sp³-hybridized carbons (Fsp3) is 0.200. The number of nitrogens with one attached hydrogen (secondary N) is 1. The minimum Gasteiger partial charge on any atom is -0.349 e. The van der Waals surface area contributed by atoms with Crippen LogP contribution in [0.5, 0.6) is 0 Å². The van der Waals surface area contributed by atoms with Crippen LogP contribution >= 0.6 is 11.6 Å². The SMILES string of the molecule is Cc1cnccc1CNc1nnnn1-c1cccc(C(F)(F)F)c1Cl. The normalized spacial score (nSPS) is 11.6. The minimum absolute atomic E-state index is 0.0374. The van der Waals surface area contributed by atoms with Gasteiger partial charge in [0.25, 0.3) is 0 Å². The Kier molecular flexibility index (Phi) is 4.58. The van der Waals surface area contributed by atoms with Crippen molar-refractivity contribution in [1.82, 2.24) is 25.2 Å². The van der Waals surface area contributed by atoms with Gasteiger partial charge in [-0.05, 0) is 46.7 Å².